The van der Waals surface area contributed by atoms with Crippen molar-refractivity contribution in [3.8, 4) is 0 Å². The van der Waals surface area contributed by atoms with Crippen LogP contribution in [0.2, 0.25) is 0 Å². The summed E-state index contributed by atoms with van der Waals surface area (Å²) in [5.74, 6) is -0.765. The van der Waals surface area contributed by atoms with Crippen molar-refractivity contribution >= 4 is 39.3 Å². The van der Waals surface area contributed by atoms with Crippen molar-refractivity contribution in [1.82, 2.24) is 9.88 Å². The highest BCUT2D eigenvalue weighted by atomic mass is 32.1. The van der Waals surface area contributed by atoms with E-state index in [9.17, 15) is 14.4 Å². The van der Waals surface area contributed by atoms with Gasteiger partial charge in [0.1, 0.15) is 0 Å². The second-order valence-corrected chi connectivity index (χ2v) is 10.4. The van der Waals surface area contributed by atoms with E-state index in [1.165, 1.54) is 11.3 Å². The summed E-state index contributed by atoms with van der Waals surface area (Å²) in [6, 6.07) is 7.48. The van der Waals surface area contributed by atoms with E-state index in [1.54, 1.807) is 18.7 Å². The average molecular weight is 488 g/mol. The normalized spacial score (nSPS) is 20.9. The van der Waals surface area contributed by atoms with Gasteiger partial charge in [0.25, 0.3) is 0 Å². The second kappa shape index (κ2) is 10.00. The van der Waals surface area contributed by atoms with E-state index >= 15 is 0 Å². The molecule has 1 saturated carbocycles. The van der Waals surface area contributed by atoms with Crippen LogP contribution >= 0.6 is 11.3 Å². The monoisotopic (exact) mass is 487 g/mol. The number of para-hydroxylation sites is 1. The van der Waals surface area contributed by atoms with Gasteiger partial charge in [0.2, 0.25) is 11.7 Å². The molecule has 2 aliphatic rings. The molecule has 2 heterocycles. The number of thiazole rings is 1. The van der Waals surface area contributed by atoms with E-state index < -0.39 is 22.9 Å². The third-order valence-electron chi connectivity index (χ3n) is 7.63. The Morgan fingerprint density at radius 2 is 1.85 bits per heavy atom. The van der Waals surface area contributed by atoms with Gasteiger partial charge >= 0.3 is 6.09 Å². The number of hydrogen-bond acceptors (Lipinski definition) is 7. The standard InChI is InChI=1S/C25H33N3O5S/c1-3-25(33-23(26)31,20(29)21-27-18-11-7-8-12-19(18)34-21)24(2,17-9-5-4-6-10-17)22(30)28-13-15-32-16-14-28/h7-8,11-12,17H,3-6,9-10,13-16H2,1-2H3,(H2,26,31)/t24?,25-/m1/s1. The maximum atomic E-state index is 14.3. The number of fused-ring (bicyclic) bond motifs is 1. The highest BCUT2D eigenvalue weighted by molar-refractivity contribution is 7.20. The Morgan fingerprint density at radius 3 is 2.47 bits per heavy atom. The first-order valence-electron chi connectivity index (χ1n) is 12.1. The molecule has 0 spiro atoms. The first-order chi connectivity index (χ1) is 16.3. The number of benzene rings is 1. The summed E-state index contributed by atoms with van der Waals surface area (Å²) in [5.41, 5.74) is 3.22. The summed E-state index contributed by atoms with van der Waals surface area (Å²) < 4.78 is 12.1. The minimum atomic E-state index is -1.76. The summed E-state index contributed by atoms with van der Waals surface area (Å²) in [6.07, 6.45) is 3.62. The van der Waals surface area contributed by atoms with Crippen LogP contribution in [0.1, 0.15) is 62.2 Å². The molecule has 1 aromatic heterocycles. The van der Waals surface area contributed by atoms with Gasteiger partial charge in [-0.15, -0.1) is 11.3 Å². The number of aromatic nitrogens is 1. The van der Waals surface area contributed by atoms with Gasteiger partial charge in [-0.25, -0.2) is 9.78 Å². The van der Waals surface area contributed by atoms with Crippen LogP contribution in [0.25, 0.3) is 10.2 Å². The summed E-state index contributed by atoms with van der Waals surface area (Å²) >= 11 is 1.25. The fourth-order valence-electron chi connectivity index (χ4n) is 5.75. The van der Waals surface area contributed by atoms with Gasteiger partial charge in [-0.3, -0.25) is 9.59 Å². The molecule has 2 atom stereocenters. The van der Waals surface area contributed by atoms with Crippen LogP contribution in [-0.4, -0.2) is 59.6 Å². The largest absolute Gasteiger partial charge is 0.433 e. The molecule has 184 valence electrons. The molecular weight excluding hydrogens is 454 g/mol. The lowest BCUT2D eigenvalue weighted by Gasteiger charge is -2.51. The minimum Gasteiger partial charge on any atom is -0.433 e. The van der Waals surface area contributed by atoms with Crippen LogP contribution in [-0.2, 0) is 14.3 Å². The zero-order valence-electron chi connectivity index (χ0n) is 19.9. The Labute approximate surface area is 203 Å². The molecule has 1 aliphatic heterocycles. The summed E-state index contributed by atoms with van der Waals surface area (Å²) in [6.45, 7) is 5.34. The van der Waals surface area contributed by atoms with Crippen LogP contribution in [0.15, 0.2) is 24.3 Å². The van der Waals surface area contributed by atoms with Crippen molar-refractivity contribution in [2.45, 2.75) is 58.0 Å². The van der Waals surface area contributed by atoms with Gasteiger partial charge in [0, 0.05) is 13.1 Å². The van der Waals surface area contributed by atoms with E-state index in [0.717, 1.165) is 36.8 Å². The number of nitrogens with two attached hydrogens (primary N) is 1. The highest BCUT2D eigenvalue weighted by Gasteiger charge is 2.64. The zero-order chi connectivity index (χ0) is 24.3. The van der Waals surface area contributed by atoms with E-state index in [0.29, 0.717) is 31.8 Å². The van der Waals surface area contributed by atoms with Crippen molar-refractivity contribution in [1.29, 1.82) is 0 Å². The van der Waals surface area contributed by atoms with E-state index in [-0.39, 0.29) is 23.3 Å². The number of carbonyl (C=O) groups is 3. The van der Waals surface area contributed by atoms with Crippen molar-refractivity contribution in [3.63, 3.8) is 0 Å². The number of ketones is 1. The smallest absolute Gasteiger partial charge is 0.405 e. The Bertz CT molecular complexity index is 1030. The quantitative estimate of drug-likeness (QED) is 0.587. The number of rotatable bonds is 7. The number of primary amides is 1. The average Bonchev–Trinajstić information content (AvgIpc) is 3.31. The highest BCUT2D eigenvalue weighted by Crippen LogP contribution is 2.52. The third-order valence-corrected chi connectivity index (χ3v) is 8.67. The predicted molar refractivity (Wildman–Crippen MR) is 130 cm³/mol. The third kappa shape index (κ3) is 4.20. The van der Waals surface area contributed by atoms with Gasteiger partial charge in [-0.1, -0.05) is 38.3 Å². The Morgan fingerprint density at radius 1 is 1.18 bits per heavy atom. The van der Waals surface area contributed by atoms with E-state index in [4.69, 9.17) is 15.2 Å². The lowest BCUT2D eigenvalue weighted by Crippen LogP contribution is -2.66. The first-order valence-corrected chi connectivity index (χ1v) is 12.9. The van der Waals surface area contributed by atoms with Gasteiger partial charge in [-0.05, 0) is 44.2 Å². The van der Waals surface area contributed by atoms with Gasteiger partial charge < -0.3 is 20.1 Å². The number of amides is 2. The fraction of sp³-hybridized carbons (Fsp3) is 0.600. The molecule has 4 rings (SSSR count). The maximum Gasteiger partial charge on any atom is 0.405 e. The van der Waals surface area contributed by atoms with Crippen LogP contribution in [0.4, 0.5) is 4.79 Å². The van der Waals surface area contributed by atoms with Crippen molar-refractivity contribution in [2.24, 2.45) is 17.1 Å². The number of morpholine rings is 1. The van der Waals surface area contributed by atoms with Crippen LogP contribution in [0, 0.1) is 11.3 Å². The molecule has 1 unspecified atom stereocenters. The summed E-state index contributed by atoms with van der Waals surface area (Å²) in [7, 11) is 0. The zero-order valence-corrected chi connectivity index (χ0v) is 20.7. The second-order valence-electron chi connectivity index (χ2n) is 9.36. The SMILES string of the molecule is CC[C@@](OC(N)=O)(C(=O)c1nc2ccccc2s1)C(C)(C(=O)N1CCOCC1)C1CCCCC1. The van der Waals surface area contributed by atoms with Crippen LogP contribution in [0.5, 0.6) is 0 Å². The molecule has 2 amide bonds. The minimum absolute atomic E-state index is 0.119. The molecule has 0 bridgehead atoms. The van der Waals surface area contributed by atoms with Crippen molar-refractivity contribution < 1.29 is 23.9 Å². The maximum absolute atomic E-state index is 14.3. The Hall–Kier alpha value is -2.52. The molecule has 34 heavy (non-hydrogen) atoms. The number of Topliss-reactive ketones (excluding diaryl/α,β-unsaturated/α-hetero) is 1. The molecule has 2 fully saturated rings. The van der Waals surface area contributed by atoms with Crippen LogP contribution in [0.3, 0.4) is 0 Å². The number of nitrogens with zero attached hydrogens (tertiary/aromatic N) is 2. The molecule has 9 heteroatoms. The van der Waals surface area contributed by atoms with Gasteiger partial charge in [0.05, 0.1) is 28.8 Å². The molecular formula is C25H33N3O5S. The number of hydrogen-bond donors (Lipinski definition) is 1. The summed E-state index contributed by atoms with van der Waals surface area (Å²) in [5, 5.41) is 0.223. The molecule has 0 radical (unpaired) electrons. The lowest BCUT2D eigenvalue weighted by atomic mass is 9.57. The Balaban J connectivity index is 1.87. The van der Waals surface area contributed by atoms with Crippen molar-refractivity contribution in [2.75, 3.05) is 26.3 Å². The van der Waals surface area contributed by atoms with E-state index in [1.807, 2.05) is 24.3 Å². The van der Waals surface area contributed by atoms with E-state index in [2.05, 4.69) is 4.98 Å². The molecule has 1 aliphatic carbocycles. The fourth-order valence-corrected chi connectivity index (χ4v) is 6.73. The summed E-state index contributed by atoms with van der Waals surface area (Å²) in [4.78, 5) is 47.2. The van der Waals surface area contributed by atoms with Gasteiger partial charge in [-0.2, -0.15) is 0 Å². The van der Waals surface area contributed by atoms with Crippen LogP contribution < -0.4 is 5.73 Å². The Kier molecular flexibility index (Phi) is 7.23. The predicted octanol–water partition coefficient (Wildman–Crippen LogP) is 4.17. The topological polar surface area (TPSA) is 112 Å². The molecule has 2 N–H and O–H groups in total. The first kappa shape index (κ1) is 24.6. The molecule has 1 aromatic carbocycles. The molecule has 2 aromatic rings. The number of carbonyl (C=O) groups excluding carboxylic acids is 3. The molecule has 1 saturated heterocycles. The van der Waals surface area contributed by atoms with Crippen molar-refractivity contribution in [3.05, 3.63) is 29.3 Å². The molecule has 8 nitrogen and oxygen atoms in total. The lowest BCUT2D eigenvalue weighted by molar-refractivity contribution is -0.168. The number of ether oxygens (including phenoxy) is 2. The van der Waals surface area contributed by atoms with Gasteiger partial charge in [0.15, 0.2) is 10.6 Å².